The van der Waals surface area contributed by atoms with Crippen LogP contribution in [0.25, 0.3) is 21.6 Å². The zero-order valence-electron chi connectivity index (χ0n) is 10.0. The van der Waals surface area contributed by atoms with Crippen LogP contribution in [0.2, 0.25) is 0 Å². The van der Waals surface area contributed by atoms with Crippen molar-refractivity contribution in [1.82, 2.24) is 4.37 Å². The number of anilines is 1. The third-order valence-electron chi connectivity index (χ3n) is 2.91. The van der Waals surface area contributed by atoms with E-state index in [1.807, 2.05) is 30.3 Å². The summed E-state index contributed by atoms with van der Waals surface area (Å²) >= 11 is 1.42. The van der Waals surface area contributed by atoms with Gasteiger partial charge < -0.3 is 5.73 Å². The fourth-order valence-corrected chi connectivity index (χ4v) is 2.59. The summed E-state index contributed by atoms with van der Waals surface area (Å²) in [5.74, 6) is -0.261. The fourth-order valence-electron chi connectivity index (χ4n) is 2.00. The minimum atomic E-state index is -0.261. The summed E-state index contributed by atoms with van der Waals surface area (Å²) in [7, 11) is 0. The van der Waals surface area contributed by atoms with Crippen LogP contribution in [0.3, 0.4) is 0 Å². The molecule has 3 rings (SSSR count). The van der Waals surface area contributed by atoms with Crippen molar-refractivity contribution in [3.05, 3.63) is 60.5 Å². The van der Waals surface area contributed by atoms with E-state index in [0.717, 1.165) is 21.6 Å². The van der Waals surface area contributed by atoms with E-state index in [9.17, 15) is 4.39 Å². The van der Waals surface area contributed by atoms with Crippen molar-refractivity contribution < 1.29 is 4.39 Å². The Morgan fingerprint density at radius 1 is 1.00 bits per heavy atom. The average Bonchev–Trinajstić information content (AvgIpc) is 2.92. The summed E-state index contributed by atoms with van der Waals surface area (Å²) in [4.78, 5) is 1.07. The van der Waals surface area contributed by atoms with Crippen LogP contribution in [0.5, 0.6) is 0 Å². The van der Waals surface area contributed by atoms with Gasteiger partial charge >= 0.3 is 0 Å². The molecule has 0 spiro atoms. The predicted octanol–water partition coefficient (Wildman–Crippen LogP) is 4.20. The maximum Gasteiger partial charge on any atom is 0.123 e. The molecule has 94 valence electrons. The summed E-state index contributed by atoms with van der Waals surface area (Å²) in [6.45, 7) is 0. The number of nitrogens with two attached hydrogens (primary N) is 1. The Labute approximate surface area is 114 Å². The van der Waals surface area contributed by atoms with Crippen molar-refractivity contribution in [2.45, 2.75) is 0 Å². The molecule has 0 saturated carbocycles. The first-order valence-electron chi connectivity index (χ1n) is 5.80. The second-order valence-corrected chi connectivity index (χ2v) is 5.02. The minimum Gasteiger partial charge on any atom is -0.398 e. The normalized spacial score (nSPS) is 10.6. The second-order valence-electron chi connectivity index (χ2n) is 4.19. The number of rotatable bonds is 2. The van der Waals surface area contributed by atoms with Gasteiger partial charge in [-0.15, -0.1) is 0 Å². The molecular formula is C15H11FN2S. The number of aromatic nitrogens is 1. The maximum absolute atomic E-state index is 13.2. The van der Waals surface area contributed by atoms with Crippen LogP contribution in [0, 0.1) is 5.82 Å². The Bertz CT molecular complexity index is 708. The van der Waals surface area contributed by atoms with Crippen LogP contribution in [-0.4, -0.2) is 4.37 Å². The van der Waals surface area contributed by atoms with Crippen molar-refractivity contribution in [1.29, 1.82) is 0 Å². The molecule has 1 heterocycles. The van der Waals surface area contributed by atoms with Gasteiger partial charge in [-0.3, -0.25) is 0 Å². The standard InChI is InChI=1S/C15H11FN2S/c16-12-3-1-2-10(8-12)13-5-4-11(9-14(13)17)15-6-7-18-19-15/h1-9H,17H2. The van der Waals surface area contributed by atoms with E-state index in [2.05, 4.69) is 4.37 Å². The molecule has 0 fully saturated rings. The van der Waals surface area contributed by atoms with Gasteiger partial charge in [0.25, 0.3) is 0 Å². The first kappa shape index (κ1) is 11.9. The number of halogens is 1. The molecule has 0 radical (unpaired) electrons. The van der Waals surface area contributed by atoms with E-state index in [4.69, 9.17) is 5.73 Å². The van der Waals surface area contributed by atoms with Gasteiger partial charge in [0.1, 0.15) is 5.82 Å². The number of benzene rings is 2. The van der Waals surface area contributed by atoms with E-state index in [-0.39, 0.29) is 5.82 Å². The lowest BCUT2D eigenvalue weighted by atomic mass is 10.0. The van der Waals surface area contributed by atoms with E-state index in [1.165, 1.54) is 23.7 Å². The van der Waals surface area contributed by atoms with Gasteiger partial charge in [0.15, 0.2) is 0 Å². The summed E-state index contributed by atoms with van der Waals surface area (Å²) in [6, 6.07) is 14.2. The van der Waals surface area contributed by atoms with E-state index < -0.39 is 0 Å². The summed E-state index contributed by atoms with van der Waals surface area (Å²) in [5, 5.41) is 0. The van der Waals surface area contributed by atoms with Crippen molar-refractivity contribution in [3.63, 3.8) is 0 Å². The van der Waals surface area contributed by atoms with Gasteiger partial charge in [0, 0.05) is 17.4 Å². The van der Waals surface area contributed by atoms with Crippen LogP contribution in [0.15, 0.2) is 54.7 Å². The molecule has 0 bridgehead atoms. The highest BCUT2D eigenvalue weighted by Crippen LogP contribution is 2.32. The lowest BCUT2D eigenvalue weighted by molar-refractivity contribution is 0.628. The van der Waals surface area contributed by atoms with Gasteiger partial charge in [-0.1, -0.05) is 24.3 Å². The van der Waals surface area contributed by atoms with Crippen molar-refractivity contribution in [3.8, 4) is 21.6 Å². The molecule has 2 nitrogen and oxygen atoms in total. The van der Waals surface area contributed by atoms with Crippen LogP contribution in [0.1, 0.15) is 0 Å². The first-order valence-corrected chi connectivity index (χ1v) is 6.58. The monoisotopic (exact) mass is 270 g/mol. The first-order chi connectivity index (χ1) is 9.24. The molecular weight excluding hydrogens is 259 g/mol. The topological polar surface area (TPSA) is 38.9 Å². The molecule has 0 aliphatic carbocycles. The van der Waals surface area contributed by atoms with E-state index in [1.54, 1.807) is 12.3 Å². The Hall–Kier alpha value is -2.20. The SMILES string of the molecule is Nc1cc(-c2ccns2)ccc1-c1cccc(F)c1. The summed E-state index contributed by atoms with van der Waals surface area (Å²) < 4.78 is 17.3. The Kier molecular flexibility index (Phi) is 3.01. The molecule has 0 aliphatic rings. The second kappa shape index (κ2) is 4.82. The Morgan fingerprint density at radius 2 is 1.89 bits per heavy atom. The molecule has 0 atom stereocenters. The van der Waals surface area contributed by atoms with Crippen LogP contribution in [-0.2, 0) is 0 Å². The molecule has 4 heteroatoms. The summed E-state index contributed by atoms with van der Waals surface area (Å²) in [6.07, 6.45) is 1.76. The van der Waals surface area contributed by atoms with E-state index >= 15 is 0 Å². The van der Waals surface area contributed by atoms with Crippen LogP contribution in [0.4, 0.5) is 10.1 Å². The zero-order valence-corrected chi connectivity index (χ0v) is 10.8. The van der Waals surface area contributed by atoms with Gasteiger partial charge in [0.2, 0.25) is 0 Å². The van der Waals surface area contributed by atoms with Gasteiger partial charge in [-0.2, -0.15) is 0 Å². The maximum atomic E-state index is 13.2. The van der Waals surface area contributed by atoms with Gasteiger partial charge in [-0.25, -0.2) is 8.76 Å². The van der Waals surface area contributed by atoms with Crippen molar-refractivity contribution in [2.24, 2.45) is 0 Å². The molecule has 0 aliphatic heterocycles. The Morgan fingerprint density at radius 3 is 2.58 bits per heavy atom. The molecule has 19 heavy (non-hydrogen) atoms. The lowest BCUT2D eigenvalue weighted by Crippen LogP contribution is -1.91. The number of nitrogen functional groups attached to an aromatic ring is 1. The average molecular weight is 270 g/mol. The van der Waals surface area contributed by atoms with Gasteiger partial charge in [-0.05, 0) is 46.9 Å². The van der Waals surface area contributed by atoms with Crippen molar-refractivity contribution >= 4 is 17.2 Å². The van der Waals surface area contributed by atoms with Crippen molar-refractivity contribution in [2.75, 3.05) is 5.73 Å². The highest BCUT2D eigenvalue weighted by molar-refractivity contribution is 7.09. The minimum absolute atomic E-state index is 0.261. The Balaban J connectivity index is 2.05. The number of hydrogen-bond acceptors (Lipinski definition) is 3. The smallest absolute Gasteiger partial charge is 0.123 e. The molecule has 2 N–H and O–H groups in total. The zero-order chi connectivity index (χ0) is 13.2. The largest absolute Gasteiger partial charge is 0.398 e. The number of hydrogen-bond donors (Lipinski definition) is 1. The quantitative estimate of drug-likeness (QED) is 0.709. The third-order valence-corrected chi connectivity index (χ3v) is 3.71. The van der Waals surface area contributed by atoms with Crippen LogP contribution >= 0.6 is 11.5 Å². The van der Waals surface area contributed by atoms with Gasteiger partial charge in [0.05, 0.1) is 4.88 Å². The highest BCUT2D eigenvalue weighted by atomic mass is 32.1. The molecule has 3 aromatic rings. The van der Waals surface area contributed by atoms with Crippen LogP contribution < -0.4 is 5.73 Å². The fraction of sp³-hybridized carbons (Fsp3) is 0. The molecule has 2 aromatic carbocycles. The molecule has 0 saturated heterocycles. The lowest BCUT2D eigenvalue weighted by Gasteiger charge is -2.08. The molecule has 1 aromatic heterocycles. The summed E-state index contributed by atoms with van der Waals surface area (Å²) in [5.41, 5.74) is 9.36. The predicted molar refractivity (Wildman–Crippen MR) is 77.4 cm³/mol. The highest BCUT2D eigenvalue weighted by Gasteiger charge is 2.06. The third kappa shape index (κ3) is 2.35. The molecule has 0 unspecified atom stereocenters. The molecule has 0 amide bonds. The van der Waals surface area contributed by atoms with E-state index in [0.29, 0.717) is 5.69 Å². The number of nitrogens with zero attached hydrogens (tertiary/aromatic N) is 1.